The van der Waals surface area contributed by atoms with Crippen molar-refractivity contribution < 1.29 is 41.8 Å². The van der Waals surface area contributed by atoms with E-state index in [0.717, 1.165) is 44.4 Å². The summed E-state index contributed by atoms with van der Waals surface area (Å²) in [5, 5.41) is 0. The minimum absolute atomic E-state index is 0.0481. The molecule has 10 aliphatic carbocycles. The molecule has 14 atom stereocenters. The topological polar surface area (TPSA) is 78.9 Å². The normalized spacial score (nSPS) is 46.3. The zero-order chi connectivity index (χ0) is 48.3. The lowest BCUT2D eigenvalue weighted by atomic mass is 9.48. The number of hydrogen-bond donors (Lipinski definition) is 0. The molecule has 0 amide bonds. The van der Waals surface area contributed by atoms with Gasteiger partial charge in [0.2, 0.25) is 11.6 Å². The Morgan fingerprint density at radius 1 is 0.561 bits per heavy atom. The summed E-state index contributed by atoms with van der Waals surface area (Å²) < 4.78 is 55.7. The maximum absolute atomic E-state index is 13.0. The average molecular weight is 923 g/mol. The third-order valence-electron chi connectivity index (χ3n) is 24.8. The van der Waals surface area contributed by atoms with E-state index < -0.39 is 17.9 Å². The number of fused-ring (bicyclic) bond motifs is 2. The highest BCUT2D eigenvalue weighted by molar-refractivity contribution is 6.33. The van der Waals surface area contributed by atoms with Crippen LogP contribution in [0.3, 0.4) is 0 Å². The lowest BCUT2D eigenvalue weighted by molar-refractivity contribution is -0.173. The Balaban J connectivity index is 0.000000166. The van der Waals surface area contributed by atoms with Gasteiger partial charge in [0.05, 0.1) is 19.3 Å². The highest BCUT2D eigenvalue weighted by atomic mass is 19.4. The van der Waals surface area contributed by atoms with Crippen molar-refractivity contribution in [1.29, 1.82) is 0 Å². The summed E-state index contributed by atoms with van der Waals surface area (Å²) in [6.07, 6.45) is 17.4. The monoisotopic (exact) mass is 923 g/mol. The molecule has 10 aliphatic rings. The van der Waals surface area contributed by atoms with Crippen LogP contribution in [0.25, 0.3) is 0 Å². The van der Waals surface area contributed by atoms with Crippen LogP contribution >= 0.6 is 0 Å². The molecular formula is C57H85F3O6. The van der Waals surface area contributed by atoms with E-state index in [1.807, 2.05) is 26.7 Å². The SMILES string of the molecule is COC(=O)C(=O)C[C@@H](C)[C@]1(C)CCC2=C3CC[C@H]4C(C)(C)[C@H](OC)CC[C@@]45C[C@@]35CC[C@@]21C.CO[C@@H]1CC[C@]23C[C@]24CC[C@@]2(C)C(=C4CC[C@H]3C1(C)C)CC[C@@]2(C)[C@H](C)CC(=O)C(F)(F)F. The van der Waals surface area contributed by atoms with Crippen LogP contribution in [-0.4, -0.2) is 57.2 Å². The molecule has 4 spiro atoms. The van der Waals surface area contributed by atoms with Gasteiger partial charge in [0.25, 0.3) is 0 Å². The largest absolute Gasteiger partial charge is 0.463 e. The van der Waals surface area contributed by atoms with Crippen molar-refractivity contribution in [2.45, 2.75) is 216 Å². The van der Waals surface area contributed by atoms with Crippen LogP contribution in [-0.2, 0) is 28.6 Å². The van der Waals surface area contributed by atoms with Crippen molar-refractivity contribution in [1.82, 2.24) is 0 Å². The third-order valence-corrected chi connectivity index (χ3v) is 24.8. The molecule has 0 bridgehead atoms. The van der Waals surface area contributed by atoms with Crippen LogP contribution < -0.4 is 0 Å². The Kier molecular flexibility index (Phi) is 11.3. The summed E-state index contributed by atoms with van der Waals surface area (Å²) in [6.45, 7) is 23.2. The van der Waals surface area contributed by atoms with Crippen molar-refractivity contribution in [2.75, 3.05) is 21.3 Å². The maximum atomic E-state index is 13.0. The third kappa shape index (κ3) is 6.13. The highest BCUT2D eigenvalue weighted by Crippen LogP contribution is 2.88. The van der Waals surface area contributed by atoms with Gasteiger partial charge in [-0.2, -0.15) is 13.2 Å². The maximum Gasteiger partial charge on any atom is 0.449 e. The van der Waals surface area contributed by atoms with E-state index in [2.05, 4.69) is 62.3 Å². The van der Waals surface area contributed by atoms with Crippen LogP contribution in [0.15, 0.2) is 22.3 Å². The molecule has 370 valence electrons. The van der Waals surface area contributed by atoms with Crippen molar-refractivity contribution in [3.63, 3.8) is 0 Å². The number of ketones is 2. The molecular weight excluding hydrogens is 838 g/mol. The Hall–Kier alpha value is -2.00. The molecule has 8 saturated carbocycles. The van der Waals surface area contributed by atoms with Crippen LogP contribution in [0.2, 0.25) is 0 Å². The molecule has 0 aliphatic heterocycles. The molecule has 0 aromatic carbocycles. The van der Waals surface area contributed by atoms with Gasteiger partial charge < -0.3 is 14.2 Å². The Labute approximate surface area is 395 Å². The van der Waals surface area contributed by atoms with Crippen LogP contribution in [0.5, 0.6) is 0 Å². The molecule has 0 aromatic heterocycles. The smallest absolute Gasteiger partial charge is 0.449 e. The fourth-order valence-corrected chi connectivity index (χ4v) is 20.4. The molecule has 10 rings (SSSR count). The van der Waals surface area contributed by atoms with Crippen molar-refractivity contribution >= 4 is 17.5 Å². The Morgan fingerprint density at radius 3 is 1.35 bits per heavy atom. The van der Waals surface area contributed by atoms with Gasteiger partial charge >= 0.3 is 12.1 Å². The van der Waals surface area contributed by atoms with Gasteiger partial charge in [-0.15, -0.1) is 0 Å². The molecule has 6 nitrogen and oxygen atoms in total. The number of rotatable bonds is 9. The first-order valence-corrected chi connectivity index (χ1v) is 26.4. The van der Waals surface area contributed by atoms with Gasteiger partial charge in [-0.25, -0.2) is 4.79 Å². The van der Waals surface area contributed by atoms with Crippen molar-refractivity contribution in [3.8, 4) is 0 Å². The predicted molar refractivity (Wildman–Crippen MR) is 251 cm³/mol. The Morgan fingerprint density at radius 2 is 0.970 bits per heavy atom. The van der Waals surface area contributed by atoms with Crippen molar-refractivity contribution in [2.24, 2.45) is 77.8 Å². The van der Waals surface area contributed by atoms with Crippen molar-refractivity contribution in [3.05, 3.63) is 22.3 Å². The zero-order valence-electron chi connectivity index (χ0n) is 43.2. The fraction of sp³-hybridized carbons (Fsp3) is 0.877. The molecule has 0 heterocycles. The van der Waals surface area contributed by atoms with E-state index in [4.69, 9.17) is 14.2 Å². The number of ether oxygens (including phenoxy) is 3. The zero-order valence-corrected chi connectivity index (χ0v) is 43.2. The second-order valence-corrected chi connectivity index (χ2v) is 26.6. The van der Waals surface area contributed by atoms with Gasteiger partial charge in [-0.1, -0.05) is 91.5 Å². The number of alkyl halides is 3. The molecule has 0 N–H and O–H groups in total. The minimum Gasteiger partial charge on any atom is -0.463 e. The quantitative estimate of drug-likeness (QED) is 0.130. The number of Topliss-reactive ketones (excluding diaryl/α,β-unsaturated/α-hetero) is 2. The highest BCUT2D eigenvalue weighted by Gasteiger charge is 2.80. The summed E-state index contributed by atoms with van der Waals surface area (Å²) >= 11 is 0. The summed E-state index contributed by atoms with van der Waals surface area (Å²) in [5.74, 6) is -1.28. The number of carbonyl (C=O) groups is 3. The molecule has 66 heavy (non-hydrogen) atoms. The standard InChI is InChI=1S/C29H44O4.C28H41F3O2/c1-18(16-21(30)24(31)33-7)26(4)12-10-19-20-8-9-22-25(2,3)23(32-6)11-13-29(22)17-28(20,29)15-14-27(19,26)5;1-17(15-21(32)28(29,30)31)24(4)11-9-18-19-7-8-20-23(2,3)22(33-6)10-12-27(20)16-26(19,27)14-13-25(18,24)5/h18,22-23H,8-17H2,1-7H3;17,20,22H,7-16H2,1-6H3/t18-,22+,23-,26+,27+,28+,29-;17-,20+,22-,24+,25+,26+,27-/m11/s1. The lowest BCUT2D eigenvalue weighted by Crippen LogP contribution is -2.51. The first-order valence-electron chi connectivity index (χ1n) is 26.4. The Bertz CT molecular complexity index is 2120. The summed E-state index contributed by atoms with van der Waals surface area (Å²) in [6, 6.07) is 0. The van der Waals surface area contributed by atoms with E-state index in [9.17, 15) is 27.6 Å². The summed E-state index contributed by atoms with van der Waals surface area (Å²) in [7, 11) is 5.07. The second kappa shape index (κ2) is 15.3. The van der Waals surface area contributed by atoms with E-state index in [-0.39, 0.29) is 56.5 Å². The van der Waals surface area contributed by atoms with Gasteiger partial charge in [-0.05, 0) is 193 Å². The van der Waals surface area contributed by atoms with E-state index in [1.165, 1.54) is 84.2 Å². The van der Waals surface area contributed by atoms with Crippen LogP contribution in [0.1, 0.15) is 198 Å². The average Bonchev–Trinajstić information content (AvgIpc) is 4.06. The molecule has 8 fully saturated rings. The van der Waals surface area contributed by atoms with Gasteiger partial charge in [-0.3, -0.25) is 9.59 Å². The number of hydrogen-bond acceptors (Lipinski definition) is 6. The fourth-order valence-electron chi connectivity index (χ4n) is 20.4. The number of methoxy groups -OCH3 is 3. The van der Waals surface area contributed by atoms with Gasteiger partial charge in [0.1, 0.15) is 0 Å². The first-order chi connectivity index (χ1) is 30.6. The van der Waals surface area contributed by atoms with Crippen LogP contribution in [0.4, 0.5) is 13.2 Å². The van der Waals surface area contributed by atoms with Gasteiger partial charge in [0, 0.05) is 27.1 Å². The predicted octanol–water partition coefficient (Wildman–Crippen LogP) is 13.9. The van der Waals surface area contributed by atoms with E-state index in [1.54, 1.807) is 16.7 Å². The number of carbonyl (C=O) groups excluding carboxylic acids is 3. The number of esters is 1. The lowest BCUT2D eigenvalue weighted by Gasteiger charge is -2.57. The molecule has 0 saturated heterocycles. The molecule has 0 aromatic rings. The van der Waals surface area contributed by atoms with E-state index >= 15 is 0 Å². The molecule has 0 unspecified atom stereocenters. The van der Waals surface area contributed by atoms with Crippen LogP contribution in [0, 0.1) is 77.8 Å². The molecule has 9 heteroatoms. The summed E-state index contributed by atoms with van der Waals surface area (Å²) in [4.78, 5) is 36.1. The number of halogens is 3. The molecule has 0 radical (unpaired) electrons. The number of allylic oxidation sites excluding steroid dienone is 4. The second-order valence-electron chi connectivity index (χ2n) is 26.6. The summed E-state index contributed by atoms with van der Waals surface area (Å²) in [5.41, 5.74) is 8.79. The van der Waals surface area contributed by atoms with Gasteiger partial charge in [0.15, 0.2) is 0 Å². The minimum atomic E-state index is -4.73. The first kappa shape index (κ1) is 49.0. The van der Waals surface area contributed by atoms with E-state index in [0.29, 0.717) is 46.2 Å².